The zero-order valence-electron chi connectivity index (χ0n) is 39.7. The quantitative estimate of drug-likeness (QED) is 0.0947. The summed E-state index contributed by atoms with van der Waals surface area (Å²) in [5.41, 5.74) is 10.4. The monoisotopic (exact) mass is 866 g/mol. The van der Waals surface area contributed by atoms with Crippen LogP contribution in [0, 0.1) is 62.3 Å². The van der Waals surface area contributed by atoms with Gasteiger partial charge in [0, 0.05) is 16.2 Å². The van der Waals surface area contributed by atoms with Crippen LogP contribution in [-0.2, 0) is 0 Å². The minimum Gasteiger partial charge on any atom is -0.489 e. The Kier molecular flexibility index (Phi) is 9.32. The van der Waals surface area contributed by atoms with Gasteiger partial charge in [-0.25, -0.2) is 0 Å². The zero-order valence-corrected chi connectivity index (χ0v) is 39.7. The van der Waals surface area contributed by atoms with E-state index in [1.165, 1.54) is 65.7 Å². The van der Waals surface area contributed by atoms with Gasteiger partial charge in [0.05, 0.1) is 0 Å². The molecule has 0 N–H and O–H groups in total. The van der Waals surface area contributed by atoms with Crippen molar-refractivity contribution in [2.45, 2.75) is 62.3 Å². The van der Waals surface area contributed by atoms with Crippen LogP contribution in [-0.4, -0.2) is 7.32 Å². The third-order valence-corrected chi connectivity index (χ3v) is 15.6. The van der Waals surface area contributed by atoms with Crippen molar-refractivity contribution >= 4 is 104 Å². The Morgan fingerprint density at radius 2 is 0.493 bits per heavy atom. The second-order valence-corrected chi connectivity index (χ2v) is 19.0. The summed E-state index contributed by atoms with van der Waals surface area (Å²) < 4.78 is 22.8. The minimum atomic E-state index is -1.21. The maximum Gasteiger partial charge on any atom is 0.864 e. The lowest BCUT2D eigenvalue weighted by molar-refractivity contribution is 0.309. The first kappa shape index (κ1) is 40.9. The average Bonchev–Trinajstić information content (AvgIpc) is 3.35. The van der Waals surface area contributed by atoms with Crippen LogP contribution in [0.2, 0.25) is 0 Å². The van der Waals surface area contributed by atoms with Crippen molar-refractivity contribution in [2.24, 2.45) is 0 Å². The molecule has 3 nitrogen and oxygen atoms in total. The predicted octanol–water partition coefficient (Wildman–Crippen LogP) is 17.4. The summed E-state index contributed by atoms with van der Waals surface area (Å²) in [5, 5.41) is 20.6. The van der Waals surface area contributed by atoms with Crippen LogP contribution in [0.4, 0.5) is 0 Å². The molecule has 12 aromatic rings. The first-order valence-electron chi connectivity index (χ1n) is 23.5. The standard InChI is InChI=1S/C63H51BO3/c1-34-37(4)52-25-22-49-28-43-16-10-13-19-46(43)31-55(49)58(52)61(40(34)7)65-64(66-62-41(8)35(2)38(5)53-26-23-50-29-44-17-11-14-20-47(44)32-56(50)59(53)62)67-63-42(9)36(3)39(6)54-27-24-51-30-45-18-12-15-21-48(45)33-57(51)60(54)63/h10-33H,1-9H3. The summed E-state index contributed by atoms with van der Waals surface area (Å²) in [6.45, 7) is 19.8. The second kappa shape index (κ2) is 15.3. The Morgan fingerprint density at radius 3 is 0.761 bits per heavy atom. The van der Waals surface area contributed by atoms with E-state index in [0.29, 0.717) is 0 Å². The summed E-state index contributed by atoms with van der Waals surface area (Å²) in [4.78, 5) is 0. The van der Waals surface area contributed by atoms with Crippen LogP contribution in [0.25, 0.3) is 97.0 Å². The summed E-state index contributed by atoms with van der Waals surface area (Å²) in [6, 6.07) is 53.1. The fourth-order valence-electron chi connectivity index (χ4n) is 11.0. The number of hydrogen-bond acceptors (Lipinski definition) is 3. The van der Waals surface area contributed by atoms with Gasteiger partial charge in [-0.15, -0.1) is 0 Å². The Morgan fingerprint density at radius 1 is 0.239 bits per heavy atom. The largest absolute Gasteiger partial charge is 0.864 e. The van der Waals surface area contributed by atoms with Crippen LogP contribution in [0.5, 0.6) is 17.2 Å². The van der Waals surface area contributed by atoms with Gasteiger partial charge < -0.3 is 14.0 Å². The van der Waals surface area contributed by atoms with Crippen molar-refractivity contribution < 1.29 is 14.0 Å². The fraction of sp³-hybridized carbons (Fsp3) is 0.143. The van der Waals surface area contributed by atoms with Crippen LogP contribution in [0.15, 0.2) is 146 Å². The maximum atomic E-state index is 7.59. The number of aryl methyl sites for hydroxylation is 3. The molecule has 12 aromatic carbocycles. The maximum absolute atomic E-state index is 7.59. The summed E-state index contributed by atoms with van der Waals surface area (Å²) in [7, 11) is -1.21. The molecule has 0 heterocycles. The lowest BCUT2D eigenvalue weighted by Crippen LogP contribution is -2.38. The highest BCUT2D eigenvalue weighted by atomic mass is 16.7. The first-order valence-corrected chi connectivity index (χ1v) is 23.5. The molecule has 0 fully saturated rings. The molecule has 324 valence electrons. The summed E-state index contributed by atoms with van der Waals surface area (Å²) in [6.07, 6.45) is 0. The van der Waals surface area contributed by atoms with Gasteiger partial charge in [-0.05, 0) is 230 Å². The van der Waals surface area contributed by atoms with E-state index in [9.17, 15) is 0 Å². The van der Waals surface area contributed by atoms with E-state index in [-0.39, 0.29) is 0 Å². The second-order valence-electron chi connectivity index (χ2n) is 19.0. The highest BCUT2D eigenvalue weighted by Crippen LogP contribution is 2.46. The molecule has 0 aliphatic carbocycles. The first-order chi connectivity index (χ1) is 32.4. The van der Waals surface area contributed by atoms with Crippen molar-refractivity contribution in [3.8, 4) is 17.2 Å². The van der Waals surface area contributed by atoms with Gasteiger partial charge in [-0.1, -0.05) is 109 Å². The molecule has 0 saturated heterocycles. The molecule has 0 saturated carbocycles. The van der Waals surface area contributed by atoms with Crippen molar-refractivity contribution in [2.75, 3.05) is 0 Å². The van der Waals surface area contributed by atoms with Crippen molar-refractivity contribution in [1.29, 1.82) is 0 Å². The van der Waals surface area contributed by atoms with Crippen molar-refractivity contribution in [3.63, 3.8) is 0 Å². The van der Waals surface area contributed by atoms with E-state index < -0.39 is 7.32 Å². The van der Waals surface area contributed by atoms with Crippen LogP contribution >= 0.6 is 0 Å². The minimum absolute atomic E-state index is 0.757. The van der Waals surface area contributed by atoms with Gasteiger partial charge in [0.1, 0.15) is 17.2 Å². The Balaban J connectivity index is 1.16. The van der Waals surface area contributed by atoms with Crippen molar-refractivity contribution in [3.05, 3.63) is 196 Å². The van der Waals surface area contributed by atoms with Gasteiger partial charge in [-0.3, -0.25) is 0 Å². The number of fused-ring (bicyclic) bond motifs is 12. The summed E-state index contributed by atoms with van der Waals surface area (Å²) >= 11 is 0. The van der Waals surface area contributed by atoms with E-state index in [4.69, 9.17) is 14.0 Å². The lowest BCUT2D eigenvalue weighted by Gasteiger charge is -2.26. The Labute approximate surface area is 391 Å². The van der Waals surface area contributed by atoms with Gasteiger partial charge >= 0.3 is 7.32 Å². The SMILES string of the molecule is Cc1c(C)c(OB(Oc2c(C)c(C)c(C)c3ccc4cc5ccccc5cc4c23)Oc2c(C)c(C)c(C)c3ccc4cc5ccccc5cc4c23)c2c(ccc3cc4ccccc4cc32)c1C. The molecule has 0 aliphatic rings. The van der Waals surface area contributed by atoms with Gasteiger partial charge in [-0.2, -0.15) is 0 Å². The lowest BCUT2D eigenvalue weighted by atomic mass is 9.89. The molecule has 0 amide bonds. The molecular weight excluding hydrogens is 816 g/mol. The van der Waals surface area contributed by atoms with Crippen molar-refractivity contribution in [1.82, 2.24) is 0 Å². The van der Waals surface area contributed by atoms with E-state index in [1.54, 1.807) is 0 Å². The molecule has 12 rings (SSSR count). The smallest absolute Gasteiger partial charge is 0.489 e. The van der Waals surface area contributed by atoms with Crippen LogP contribution in [0.3, 0.4) is 0 Å². The van der Waals surface area contributed by atoms with Gasteiger partial charge in [0.15, 0.2) is 0 Å². The molecule has 0 unspecified atom stereocenters. The average molecular weight is 867 g/mol. The van der Waals surface area contributed by atoms with E-state index in [2.05, 4.69) is 208 Å². The molecule has 0 aliphatic heterocycles. The Hall–Kier alpha value is -7.56. The third kappa shape index (κ3) is 6.26. The molecule has 0 bridgehead atoms. The number of rotatable bonds is 6. The highest BCUT2D eigenvalue weighted by Gasteiger charge is 2.36. The Bertz CT molecular complexity index is 3700. The van der Waals surface area contributed by atoms with E-state index >= 15 is 0 Å². The number of hydrogen-bond donors (Lipinski definition) is 0. The molecule has 4 heteroatoms. The normalized spacial score (nSPS) is 12.0. The third-order valence-electron chi connectivity index (χ3n) is 15.6. The zero-order chi connectivity index (χ0) is 46.0. The predicted molar refractivity (Wildman–Crippen MR) is 287 cm³/mol. The van der Waals surface area contributed by atoms with Gasteiger partial charge in [0.25, 0.3) is 0 Å². The topological polar surface area (TPSA) is 27.7 Å². The molecule has 67 heavy (non-hydrogen) atoms. The molecule has 0 aromatic heterocycles. The number of benzene rings is 12. The van der Waals surface area contributed by atoms with E-state index in [1.807, 2.05) is 0 Å². The fourth-order valence-corrected chi connectivity index (χ4v) is 11.0. The van der Waals surface area contributed by atoms with Crippen LogP contribution in [0.1, 0.15) is 50.1 Å². The molecular formula is C63H51BO3. The van der Waals surface area contributed by atoms with Gasteiger partial charge in [0.2, 0.25) is 0 Å². The highest BCUT2D eigenvalue weighted by molar-refractivity contribution is 6.41. The molecule has 0 spiro atoms. The van der Waals surface area contributed by atoms with Crippen LogP contribution < -0.4 is 14.0 Å². The molecule has 0 radical (unpaired) electrons. The molecule has 0 atom stereocenters. The summed E-state index contributed by atoms with van der Waals surface area (Å²) in [5.74, 6) is 2.27. The van der Waals surface area contributed by atoms with E-state index in [0.717, 1.165) is 98.6 Å².